The SMILES string of the molecule is NC(=O)OC1CCC(Nc2ccc3c(c2)OCC3)CC1. The van der Waals surface area contributed by atoms with Crippen molar-refractivity contribution in [1.82, 2.24) is 0 Å². The molecule has 3 rings (SSSR count). The molecule has 0 radical (unpaired) electrons. The van der Waals surface area contributed by atoms with Crippen molar-refractivity contribution in [2.24, 2.45) is 5.73 Å². The molecule has 1 amide bonds. The molecule has 5 heteroatoms. The van der Waals surface area contributed by atoms with Crippen LogP contribution in [0.1, 0.15) is 31.2 Å². The highest BCUT2D eigenvalue weighted by atomic mass is 16.6. The number of ether oxygens (including phenoxy) is 2. The highest BCUT2D eigenvalue weighted by Crippen LogP contribution is 2.30. The van der Waals surface area contributed by atoms with Crippen LogP contribution >= 0.6 is 0 Å². The maximum atomic E-state index is 10.7. The number of amides is 1. The van der Waals surface area contributed by atoms with Crippen LogP contribution in [0.3, 0.4) is 0 Å². The van der Waals surface area contributed by atoms with Crippen LogP contribution in [-0.2, 0) is 11.2 Å². The number of anilines is 1. The summed E-state index contributed by atoms with van der Waals surface area (Å²) in [6.07, 6.45) is 4.01. The van der Waals surface area contributed by atoms with E-state index >= 15 is 0 Å². The first-order chi connectivity index (χ1) is 9.70. The highest BCUT2D eigenvalue weighted by molar-refractivity contribution is 5.64. The Labute approximate surface area is 118 Å². The zero-order valence-electron chi connectivity index (χ0n) is 11.4. The van der Waals surface area contributed by atoms with E-state index in [4.69, 9.17) is 15.2 Å². The summed E-state index contributed by atoms with van der Waals surface area (Å²) < 4.78 is 10.6. The molecule has 3 N–H and O–H groups in total. The molecule has 1 aromatic rings. The van der Waals surface area contributed by atoms with Gasteiger partial charge in [0.25, 0.3) is 0 Å². The largest absolute Gasteiger partial charge is 0.493 e. The van der Waals surface area contributed by atoms with Crippen molar-refractivity contribution in [2.45, 2.75) is 44.2 Å². The Kier molecular flexibility index (Phi) is 3.67. The van der Waals surface area contributed by atoms with E-state index in [1.165, 1.54) is 5.56 Å². The molecule has 0 bridgehead atoms. The number of carbonyl (C=O) groups is 1. The lowest BCUT2D eigenvalue weighted by atomic mass is 9.92. The first-order valence-electron chi connectivity index (χ1n) is 7.19. The van der Waals surface area contributed by atoms with Gasteiger partial charge in [0.1, 0.15) is 11.9 Å². The number of fused-ring (bicyclic) bond motifs is 1. The zero-order chi connectivity index (χ0) is 13.9. The van der Waals surface area contributed by atoms with Gasteiger partial charge in [-0.2, -0.15) is 0 Å². The van der Waals surface area contributed by atoms with Crippen molar-refractivity contribution in [3.05, 3.63) is 23.8 Å². The van der Waals surface area contributed by atoms with E-state index in [-0.39, 0.29) is 6.10 Å². The van der Waals surface area contributed by atoms with Gasteiger partial charge >= 0.3 is 6.09 Å². The number of hydrogen-bond donors (Lipinski definition) is 2. The van der Waals surface area contributed by atoms with Crippen LogP contribution in [-0.4, -0.2) is 24.8 Å². The summed E-state index contributed by atoms with van der Waals surface area (Å²) in [5.74, 6) is 1.00. The Morgan fingerprint density at radius 2 is 2.10 bits per heavy atom. The van der Waals surface area contributed by atoms with Gasteiger partial charge < -0.3 is 20.5 Å². The number of benzene rings is 1. The van der Waals surface area contributed by atoms with Crippen molar-refractivity contribution in [3.63, 3.8) is 0 Å². The van der Waals surface area contributed by atoms with Gasteiger partial charge in [0, 0.05) is 24.2 Å². The Morgan fingerprint density at radius 3 is 2.85 bits per heavy atom. The third-order valence-electron chi connectivity index (χ3n) is 4.02. The summed E-state index contributed by atoms with van der Waals surface area (Å²) in [4.78, 5) is 10.7. The lowest BCUT2D eigenvalue weighted by molar-refractivity contribution is 0.0806. The minimum atomic E-state index is -0.669. The van der Waals surface area contributed by atoms with E-state index in [0.29, 0.717) is 6.04 Å². The molecule has 1 heterocycles. The predicted molar refractivity (Wildman–Crippen MR) is 76.0 cm³/mol. The average Bonchev–Trinajstić information content (AvgIpc) is 2.88. The predicted octanol–water partition coefficient (Wildman–Crippen LogP) is 2.44. The topological polar surface area (TPSA) is 73.6 Å². The van der Waals surface area contributed by atoms with E-state index < -0.39 is 6.09 Å². The maximum absolute atomic E-state index is 10.7. The summed E-state index contributed by atoms with van der Waals surface area (Å²) in [6.45, 7) is 0.786. The van der Waals surface area contributed by atoms with Crippen LogP contribution in [0, 0.1) is 0 Å². The van der Waals surface area contributed by atoms with Crippen molar-refractivity contribution < 1.29 is 14.3 Å². The normalized spacial score (nSPS) is 24.6. The van der Waals surface area contributed by atoms with Crippen molar-refractivity contribution >= 4 is 11.8 Å². The van der Waals surface area contributed by atoms with Crippen LogP contribution in [0.25, 0.3) is 0 Å². The highest BCUT2D eigenvalue weighted by Gasteiger charge is 2.23. The second kappa shape index (κ2) is 5.61. The van der Waals surface area contributed by atoms with Crippen molar-refractivity contribution in [2.75, 3.05) is 11.9 Å². The number of primary amides is 1. The van der Waals surface area contributed by atoms with Crippen LogP contribution in [0.4, 0.5) is 10.5 Å². The molecular weight excluding hydrogens is 256 g/mol. The Bertz CT molecular complexity index is 496. The molecule has 0 spiro atoms. The molecule has 2 aliphatic rings. The minimum absolute atomic E-state index is 0.0195. The molecule has 20 heavy (non-hydrogen) atoms. The molecule has 1 aliphatic heterocycles. The molecule has 108 valence electrons. The summed E-state index contributed by atoms with van der Waals surface area (Å²) >= 11 is 0. The smallest absolute Gasteiger partial charge is 0.404 e. The van der Waals surface area contributed by atoms with Gasteiger partial charge in [-0.05, 0) is 37.3 Å². The monoisotopic (exact) mass is 276 g/mol. The molecule has 5 nitrogen and oxygen atoms in total. The summed E-state index contributed by atoms with van der Waals surface area (Å²) in [5, 5.41) is 3.53. The van der Waals surface area contributed by atoms with E-state index in [0.717, 1.165) is 50.1 Å². The molecule has 1 aliphatic carbocycles. The number of nitrogens with two attached hydrogens (primary N) is 1. The van der Waals surface area contributed by atoms with E-state index in [1.807, 2.05) is 0 Å². The molecule has 0 unspecified atom stereocenters. The summed E-state index contributed by atoms with van der Waals surface area (Å²) in [6, 6.07) is 6.74. The molecule has 1 fully saturated rings. The molecule has 1 saturated carbocycles. The van der Waals surface area contributed by atoms with Crippen LogP contribution in [0.2, 0.25) is 0 Å². The standard InChI is InChI=1S/C15H20N2O3/c16-15(18)20-13-5-3-11(4-6-13)17-12-2-1-10-7-8-19-14(10)9-12/h1-2,9,11,13,17H,3-8H2,(H2,16,18). The van der Waals surface area contributed by atoms with Gasteiger partial charge in [0.05, 0.1) is 6.61 Å². The molecule has 0 atom stereocenters. The third kappa shape index (κ3) is 2.98. The summed E-state index contributed by atoms with van der Waals surface area (Å²) in [5.41, 5.74) is 7.43. The molecule has 0 aromatic heterocycles. The van der Waals surface area contributed by atoms with Crippen LogP contribution in [0.5, 0.6) is 5.75 Å². The number of hydrogen-bond acceptors (Lipinski definition) is 4. The average molecular weight is 276 g/mol. The Morgan fingerprint density at radius 1 is 1.30 bits per heavy atom. The number of nitrogens with one attached hydrogen (secondary N) is 1. The fourth-order valence-electron chi connectivity index (χ4n) is 2.98. The van der Waals surface area contributed by atoms with Gasteiger partial charge in [-0.1, -0.05) is 6.07 Å². The molecule has 0 saturated heterocycles. The minimum Gasteiger partial charge on any atom is -0.493 e. The second-order valence-electron chi connectivity index (χ2n) is 5.48. The summed E-state index contributed by atoms with van der Waals surface area (Å²) in [7, 11) is 0. The Balaban J connectivity index is 1.53. The lowest BCUT2D eigenvalue weighted by Crippen LogP contribution is -2.32. The van der Waals surface area contributed by atoms with E-state index in [2.05, 4.69) is 23.5 Å². The van der Waals surface area contributed by atoms with Crippen molar-refractivity contribution in [3.8, 4) is 5.75 Å². The molecular formula is C15H20N2O3. The molecule has 1 aromatic carbocycles. The first-order valence-corrected chi connectivity index (χ1v) is 7.19. The van der Waals surface area contributed by atoms with Gasteiger partial charge in [0.2, 0.25) is 0 Å². The fourth-order valence-corrected chi connectivity index (χ4v) is 2.98. The van der Waals surface area contributed by atoms with Gasteiger partial charge in [-0.3, -0.25) is 0 Å². The van der Waals surface area contributed by atoms with Crippen LogP contribution < -0.4 is 15.8 Å². The quantitative estimate of drug-likeness (QED) is 0.889. The zero-order valence-corrected chi connectivity index (χ0v) is 11.4. The van der Waals surface area contributed by atoms with Gasteiger partial charge in [0.15, 0.2) is 0 Å². The van der Waals surface area contributed by atoms with Crippen LogP contribution in [0.15, 0.2) is 18.2 Å². The van der Waals surface area contributed by atoms with Gasteiger partial charge in [-0.25, -0.2) is 4.79 Å². The second-order valence-corrected chi connectivity index (χ2v) is 5.48. The lowest BCUT2D eigenvalue weighted by Gasteiger charge is -2.29. The van der Waals surface area contributed by atoms with Gasteiger partial charge in [-0.15, -0.1) is 0 Å². The van der Waals surface area contributed by atoms with Crippen molar-refractivity contribution in [1.29, 1.82) is 0 Å². The van der Waals surface area contributed by atoms with E-state index in [1.54, 1.807) is 0 Å². The Hall–Kier alpha value is -1.91. The third-order valence-corrected chi connectivity index (χ3v) is 4.02. The first kappa shape index (κ1) is 13.1. The number of rotatable bonds is 3. The number of carbonyl (C=O) groups excluding carboxylic acids is 1. The van der Waals surface area contributed by atoms with E-state index in [9.17, 15) is 4.79 Å². The fraction of sp³-hybridized carbons (Fsp3) is 0.533. The maximum Gasteiger partial charge on any atom is 0.404 e.